The fourth-order valence-corrected chi connectivity index (χ4v) is 4.69. The number of methoxy groups -OCH3 is 2. The number of aromatic nitrogens is 4. The van der Waals surface area contributed by atoms with Gasteiger partial charge in [-0.1, -0.05) is 0 Å². The predicted molar refractivity (Wildman–Crippen MR) is 121 cm³/mol. The molecule has 34 heavy (non-hydrogen) atoms. The first-order chi connectivity index (χ1) is 16.6. The van der Waals surface area contributed by atoms with Gasteiger partial charge in [-0.3, -0.25) is 14.3 Å². The second kappa shape index (κ2) is 7.62. The summed E-state index contributed by atoms with van der Waals surface area (Å²) in [5.74, 6) is 1.76. The van der Waals surface area contributed by atoms with Gasteiger partial charge in [0.2, 0.25) is 6.79 Å². The van der Waals surface area contributed by atoms with Gasteiger partial charge < -0.3 is 23.5 Å². The van der Waals surface area contributed by atoms with Crippen LogP contribution in [-0.2, 0) is 13.1 Å². The van der Waals surface area contributed by atoms with Gasteiger partial charge in [0.15, 0.2) is 28.8 Å². The van der Waals surface area contributed by atoms with Gasteiger partial charge in [0.25, 0.3) is 5.56 Å². The van der Waals surface area contributed by atoms with Crippen LogP contribution in [0, 0.1) is 0 Å². The zero-order valence-corrected chi connectivity index (χ0v) is 18.5. The Bertz CT molecular complexity index is 1520. The van der Waals surface area contributed by atoms with Crippen LogP contribution in [0.2, 0.25) is 0 Å². The maximum atomic E-state index is 13.8. The first-order valence-electron chi connectivity index (χ1n) is 10.7. The van der Waals surface area contributed by atoms with Gasteiger partial charge in [-0.2, -0.15) is 5.10 Å². The highest BCUT2D eigenvalue weighted by Gasteiger charge is 2.35. The number of benzene rings is 2. The highest BCUT2D eigenvalue weighted by atomic mass is 16.7. The smallest absolute Gasteiger partial charge is 0.259 e. The summed E-state index contributed by atoms with van der Waals surface area (Å²) in [7, 11) is 3.03. The van der Waals surface area contributed by atoms with Crippen molar-refractivity contribution in [1.29, 1.82) is 0 Å². The molecule has 0 amide bonds. The van der Waals surface area contributed by atoms with Crippen molar-refractivity contribution in [3.63, 3.8) is 0 Å². The molecule has 0 radical (unpaired) electrons. The van der Waals surface area contributed by atoms with Crippen molar-refractivity contribution in [3.8, 4) is 34.3 Å². The average molecular weight is 460 g/mol. The molecule has 2 aromatic heterocycles. The largest absolute Gasteiger partial charge is 0.493 e. The van der Waals surface area contributed by atoms with Crippen LogP contribution in [0.15, 0.2) is 41.7 Å². The number of pyridine rings is 1. The molecule has 172 valence electrons. The molecule has 1 aliphatic heterocycles. The van der Waals surface area contributed by atoms with E-state index in [-0.39, 0.29) is 18.1 Å². The molecule has 0 atom stereocenters. The summed E-state index contributed by atoms with van der Waals surface area (Å²) in [4.78, 5) is 31.4. The highest BCUT2D eigenvalue weighted by Crippen LogP contribution is 2.46. The predicted octanol–water partition coefficient (Wildman–Crippen LogP) is 2.64. The van der Waals surface area contributed by atoms with Crippen molar-refractivity contribution in [2.24, 2.45) is 0 Å². The third-order valence-corrected chi connectivity index (χ3v) is 6.25. The molecule has 4 aromatic rings. The molecule has 3 heterocycles. The molecule has 0 unspecified atom stereocenters. The Labute approximate surface area is 193 Å². The number of hydrogen-bond donors (Lipinski definition) is 0. The van der Waals surface area contributed by atoms with Gasteiger partial charge >= 0.3 is 0 Å². The molecule has 6 rings (SSSR count). The first-order valence-corrected chi connectivity index (χ1v) is 10.7. The third kappa shape index (κ3) is 2.88. The van der Waals surface area contributed by atoms with E-state index in [4.69, 9.17) is 18.9 Å². The molecule has 0 saturated carbocycles. The number of ketones is 1. The van der Waals surface area contributed by atoms with E-state index in [0.29, 0.717) is 75.7 Å². The highest BCUT2D eigenvalue weighted by molar-refractivity contribution is 6.27. The van der Waals surface area contributed by atoms with Crippen molar-refractivity contribution in [2.45, 2.75) is 19.5 Å². The summed E-state index contributed by atoms with van der Waals surface area (Å²) in [6.07, 6.45) is 3.71. The normalized spacial score (nSPS) is 13.3. The molecule has 0 fully saturated rings. The topological polar surface area (TPSA) is 107 Å². The fourth-order valence-electron chi connectivity index (χ4n) is 4.69. The molecule has 0 saturated heterocycles. The molecular formula is C24H20N4O6. The summed E-state index contributed by atoms with van der Waals surface area (Å²) < 4.78 is 25.3. The van der Waals surface area contributed by atoms with E-state index < -0.39 is 0 Å². The minimum atomic E-state index is -0.216. The van der Waals surface area contributed by atoms with Crippen molar-refractivity contribution in [1.82, 2.24) is 19.3 Å². The zero-order valence-electron chi connectivity index (χ0n) is 18.5. The molecule has 2 aliphatic rings. The van der Waals surface area contributed by atoms with Gasteiger partial charge in [0, 0.05) is 29.6 Å². The summed E-state index contributed by atoms with van der Waals surface area (Å²) in [5.41, 5.74) is 1.94. The van der Waals surface area contributed by atoms with E-state index in [1.165, 1.54) is 20.5 Å². The van der Waals surface area contributed by atoms with Crippen molar-refractivity contribution in [2.75, 3.05) is 21.0 Å². The molecule has 10 nitrogen and oxygen atoms in total. The Kier molecular flexibility index (Phi) is 4.54. The summed E-state index contributed by atoms with van der Waals surface area (Å²) >= 11 is 0. The Morgan fingerprint density at radius 2 is 1.65 bits per heavy atom. The molecule has 0 N–H and O–H groups in total. The number of nitrogens with zero attached hydrogens (tertiary/aromatic N) is 4. The Morgan fingerprint density at radius 3 is 2.32 bits per heavy atom. The maximum Gasteiger partial charge on any atom is 0.259 e. The number of rotatable bonds is 6. The first kappa shape index (κ1) is 20.3. The number of ether oxygens (including phenoxy) is 4. The van der Waals surface area contributed by atoms with Crippen LogP contribution >= 0.6 is 0 Å². The molecule has 0 bridgehead atoms. The summed E-state index contributed by atoms with van der Waals surface area (Å²) in [6, 6.07) is 6.80. The average Bonchev–Trinajstić information content (AvgIpc) is 3.59. The van der Waals surface area contributed by atoms with Crippen molar-refractivity contribution < 1.29 is 23.7 Å². The number of hydrogen-bond acceptors (Lipinski definition) is 8. The van der Waals surface area contributed by atoms with Crippen molar-refractivity contribution >= 4 is 16.6 Å². The monoisotopic (exact) mass is 460 g/mol. The van der Waals surface area contributed by atoms with Crippen molar-refractivity contribution in [3.05, 3.63) is 58.4 Å². The molecule has 1 aliphatic carbocycles. The zero-order chi connectivity index (χ0) is 23.4. The van der Waals surface area contributed by atoms with Gasteiger partial charge in [0.05, 0.1) is 30.9 Å². The SMILES string of the molecule is COc1cc2c3c(n(CCCn4cncn4)c(=O)c2cc1OC)-c1cc2c(cc1C3=O)OCO2. The van der Waals surface area contributed by atoms with Crippen LogP contribution < -0.4 is 24.5 Å². The van der Waals surface area contributed by atoms with Crippen LogP contribution in [0.4, 0.5) is 0 Å². The number of carbonyl (C=O) groups excluding carboxylic acids is 1. The Hall–Kier alpha value is -4.34. The second-order valence-electron chi connectivity index (χ2n) is 8.03. The van der Waals surface area contributed by atoms with E-state index in [0.717, 1.165) is 0 Å². The lowest BCUT2D eigenvalue weighted by Gasteiger charge is -2.17. The van der Waals surface area contributed by atoms with E-state index in [9.17, 15) is 9.59 Å². The van der Waals surface area contributed by atoms with Crippen LogP contribution in [0.1, 0.15) is 22.3 Å². The summed E-state index contributed by atoms with van der Waals surface area (Å²) in [6.45, 7) is 1.05. The summed E-state index contributed by atoms with van der Waals surface area (Å²) in [5, 5.41) is 5.03. The lowest BCUT2D eigenvalue weighted by atomic mass is 10.0. The van der Waals surface area contributed by atoms with Crippen LogP contribution in [-0.4, -0.2) is 46.1 Å². The number of aryl methyl sites for hydroxylation is 1. The molecule has 10 heteroatoms. The molecule has 0 spiro atoms. The lowest BCUT2D eigenvalue weighted by molar-refractivity contribution is 0.104. The Morgan fingerprint density at radius 1 is 0.941 bits per heavy atom. The quantitative estimate of drug-likeness (QED) is 0.381. The third-order valence-electron chi connectivity index (χ3n) is 6.25. The lowest BCUT2D eigenvalue weighted by Crippen LogP contribution is -2.24. The van der Waals surface area contributed by atoms with Crippen LogP contribution in [0.3, 0.4) is 0 Å². The van der Waals surface area contributed by atoms with Gasteiger partial charge in [0.1, 0.15) is 12.7 Å². The van der Waals surface area contributed by atoms with E-state index in [2.05, 4.69) is 10.1 Å². The van der Waals surface area contributed by atoms with Crippen LogP contribution in [0.5, 0.6) is 23.0 Å². The minimum absolute atomic E-state index is 0.0959. The van der Waals surface area contributed by atoms with Gasteiger partial charge in [-0.25, -0.2) is 4.98 Å². The second-order valence-corrected chi connectivity index (χ2v) is 8.03. The number of fused-ring (bicyclic) bond motifs is 6. The van der Waals surface area contributed by atoms with Gasteiger partial charge in [-0.05, 0) is 30.7 Å². The van der Waals surface area contributed by atoms with E-state index in [1.54, 1.807) is 39.8 Å². The van der Waals surface area contributed by atoms with E-state index in [1.807, 2.05) is 0 Å². The van der Waals surface area contributed by atoms with Crippen LogP contribution in [0.25, 0.3) is 22.0 Å². The van der Waals surface area contributed by atoms with Gasteiger partial charge in [-0.15, -0.1) is 0 Å². The number of carbonyl (C=O) groups is 1. The standard InChI is InChI=1S/C24H20N4O6/c1-31-17-6-13-16(9-18(17)32-2)24(30)28(5-3-4-27-11-25-10-26-27)22-14-7-19-20(34-12-33-19)8-15(14)23(29)21(13)22/h6-11H,3-5,12H2,1-2H3. The molecular weight excluding hydrogens is 440 g/mol. The fraction of sp³-hybridized carbons (Fsp3) is 0.250. The maximum absolute atomic E-state index is 13.8. The van der Waals surface area contributed by atoms with E-state index >= 15 is 0 Å². The minimum Gasteiger partial charge on any atom is -0.493 e. The Balaban J connectivity index is 1.59. The molecule has 2 aromatic carbocycles.